The van der Waals surface area contributed by atoms with Gasteiger partial charge < -0.3 is 14.4 Å². The summed E-state index contributed by atoms with van der Waals surface area (Å²) >= 11 is 3.36. The molecule has 1 saturated heterocycles. The first-order chi connectivity index (χ1) is 12.1. The van der Waals surface area contributed by atoms with E-state index < -0.39 is 0 Å². The van der Waals surface area contributed by atoms with Crippen LogP contribution in [-0.4, -0.2) is 45.7 Å². The normalized spacial score (nSPS) is 15.0. The van der Waals surface area contributed by atoms with Crippen LogP contribution in [0.1, 0.15) is 0 Å². The van der Waals surface area contributed by atoms with E-state index in [1.54, 1.807) is 25.8 Å². The number of aryl methyl sites for hydroxylation is 1. The number of piperazine rings is 1. The Labute approximate surface area is 153 Å². The van der Waals surface area contributed by atoms with Crippen LogP contribution in [0, 0.1) is 0 Å². The zero-order chi connectivity index (χ0) is 17.4. The molecular weight excluding hydrogens is 384 g/mol. The van der Waals surface area contributed by atoms with E-state index in [1.807, 2.05) is 18.2 Å². The molecule has 3 heterocycles. The highest BCUT2D eigenvalue weighted by Crippen LogP contribution is 2.21. The van der Waals surface area contributed by atoms with Crippen LogP contribution in [0.25, 0.3) is 10.9 Å². The topological polar surface area (TPSA) is 67.2 Å². The molecule has 25 heavy (non-hydrogen) atoms. The maximum absolute atomic E-state index is 12.1. The lowest BCUT2D eigenvalue weighted by Crippen LogP contribution is -2.47. The Morgan fingerprint density at radius 2 is 1.68 bits per heavy atom. The predicted molar refractivity (Wildman–Crippen MR) is 101 cm³/mol. The van der Waals surface area contributed by atoms with E-state index in [-0.39, 0.29) is 5.56 Å². The SMILES string of the molecule is Cn1cnc2cc(N3CCN(c4ncc(Br)cn4)CC3)ccc2c1=O. The quantitative estimate of drug-likeness (QED) is 0.653. The fourth-order valence-electron chi connectivity index (χ4n) is 3.03. The average Bonchev–Trinajstić information content (AvgIpc) is 2.65. The summed E-state index contributed by atoms with van der Waals surface area (Å²) in [7, 11) is 1.71. The fourth-order valence-corrected chi connectivity index (χ4v) is 3.23. The molecule has 8 heteroatoms. The van der Waals surface area contributed by atoms with Gasteiger partial charge in [-0.1, -0.05) is 0 Å². The number of rotatable bonds is 2. The number of halogens is 1. The zero-order valence-corrected chi connectivity index (χ0v) is 15.3. The van der Waals surface area contributed by atoms with Gasteiger partial charge in [0.15, 0.2) is 0 Å². The van der Waals surface area contributed by atoms with Crippen LogP contribution in [0.4, 0.5) is 11.6 Å². The van der Waals surface area contributed by atoms with Crippen molar-refractivity contribution < 1.29 is 0 Å². The van der Waals surface area contributed by atoms with Gasteiger partial charge in [0.2, 0.25) is 5.95 Å². The van der Waals surface area contributed by atoms with Gasteiger partial charge in [-0.2, -0.15) is 0 Å². The Hall–Kier alpha value is -2.48. The Morgan fingerprint density at radius 1 is 1.00 bits per heavy atom. The van der Waals surface area contributed by atoms with E-state index in [1.165, 1.54) is 4.57 Å². The number of fused-ring (bicyclic) bond motifs is 1. The molecule has 2 aromatic heterocycles. The predicted octanol–water partition coefficient (Wildman–Crippen LogP) is 1.81. The van der Waals surface area contributed by atoms with Crippen LogP contribution in [-0.2, 0) is 7.05 Å². The number of aromatic nitrogens is 4. The molecule has 128 valence electrons. The third-order valence-corrected chi connectivity index (χ3v) is 4.85. The zero-order valence-electron chi connectivity index (χ0n) is 13.8. The van der Waals surface area contributed by atoms with Crippen molar-refractivity contribution in [1.82, 2.24) is 19.5 Å². The molecular formula is C17H17BrN6O. The second kappa shape index (κ2) is 6.44. The third-order valence-electron chi connectivity index (χ3n) is 4.44. The number of anilines is 2. The van der Waals surface area contributed by atoms with Gasteiger partial charge in [-0.15, -0.1) is 0 Å². The van der Waals surface area contributed by atoms with Crippen molar-refractivity contribution in [2.45, 2.75) is 0 Å². The van der Waals surface area contributed by atoms with Crippen molar-refractivity contribution in [1.29, 1.82) is 0 Å². The Balaban J connectivity index is 1.52. The van der Waals surface area contributed by atoms with Gasteiger partial charge in [0.1, 0.15) is 0 Å². The Bertz CT molecular complexity index is 963. The Morgan fingerprint density at radius 3 is 2.40 bits per heavy atom. The summed E-state index contributed by atoms with van der Waals surface area (Å²) in [5, 5.41) is 0.649. The van der Waals surface area contributed by atoms with Gasteiger partial charge in [0, 0.05) is 51.3 Å². The van der Waals surface area contributed by atoms with Crippen molar-refractivity contribution in [2.24, 2.45) is 7.05 Å². The van der Waals surface area contributed by atoms with Crippen LogP contribution >= 0.6 is 15.9 Å². The standard InChI is InChI=1S/C17H17BrN6O/c1-22-11-21-15-8-13(2-3-14(15)16(22)25)23-4-6-24(7-5-23)17-19-9-12(18)10-20-17/h2-3,8-11H,4-7H2,1H3. The lowest BCUT2D eigenvalue weighted by molar-refractivity contribution is 0.640. The molecule has 0 atom stereocenters. The minimum atomic E-state index is -0.0197. The number of hydrogen-bond acceptors (Lipinski definition) is 6. The molecule has 0 amide bonds. The summed E-state index contributed by atoms with van der Waals surface area (Å²) in [6.45, 7) is 3.44. The van der Waals surface area contributed by atoms with E-state index in [9.17, 15) is 4.79 Å². The molecule has 0 radical (unpaired) electrons. The summed E-state index contributed by atoms with van der Waals surface area (Å²) in [6, 6.07) is 5.85. The molecule has 0 unspecified atom stereocenters. The van der Waals surface area contributed by atoms with Gasteiger partial charge in [0.25, 0.3) is 5.56 Å². The van der Waals surface area contributed by atoms with Gasteiger partial charge in [-0.3, -0.25) is 4.79 Å². The van der Waals surface area contributed by atoms with E-state index >= 15 is 0 Å². The maximum atomic E-state index is 12.1. The number of benzene rings is 1. The van der Waals surface area contributed by atoms with Crippen LogP contribution in [0.15, 0.2) is 46.2 Å². The summed E-state index contributed by atoms with van der Waals surface area (Å²) in [4.78, 5) is 29.7. The van der Waals surface area contributed by atoms with Crippen LogP contribution < -0.4 is 15.4 Å². The van der Waals surface area contributed by atoms with Crippen LogP contribution in [0.2, 0.25) is 0 Å². The molecule has 0 bridgehead atoms. The van der Waals surface area contributed by atoms with E-state index in [4.69, 9.17) is 0 Å². The highest BCUT2D eigenvalue weighted by molar-refractivity contribution is 9.10. The van der Waals surface area contributed by atoms with Crippen molar-refractivity contribution in [3.63, 3.8) is 0 Å². The molecule has 1 aromatic carbocycles. The summed E-state index contributed by atoms with van der Waals surface area (Å²) < 4.78 is 2.38. The molecule has 0 aliphatic carbocycles. The second-order valence-corrected chi connectivity index (χ2v) is 6.95. The molecule has 1 fully saturated rings. The average molecular weight is 401 g/mol. The van der Waals surface area contributed by atoms with Gasteiger partial charge in [-0.25, -0.2) is 15.0 Å². The maximum Gasteiger partial charge on any atom is 0.260 e. The smallest absolute Gasteiger partial charge is 0.260 e. The number of nitrogens with zero attached hydrogens (tertiary/aromatic N) is 6. The highest BCUT2D eigenvalue weighted by atomic mass is 79.9. The minimum absolute atomic E-state index is 0.0197. The van der Waals surface area contributed by atoms with E-state index in [0.717, 1.165) is 47.8 Å². The highest BCUT2D eigenvalue weighted by Gasteiger charge is 2.19. The third kappa shape index (κ3) is 3.09. The molecule has 0 spiro atoms. The largest absolute Gasteiger partial charge is 0.368 e. The fraction of sp³-hybridized carbons (Fsp3) is 0.294. The molecule has 0 saturated carbocycles. The van der Waals surface area contributed by atoms with Gasteiger partial charge in [0.05, 0.1) is 21.7 Å². The Kier molecular flexibility index (Phi) is 4.12. The lowest BCUT2D eigenvalue weighted by atomic mass is 10.2. The van der Waals surface area contributed by atoms with Crippen molar-refractivity contribution >= 4 is 38.5 Å². The molecule has 1 aliphatic rings. The molecule has 1 aliphatic heterocycles. The van der Waals surface area contributed by atoms with Crippen LogP contribution in [0.3, 0.4) is 0 Å². The summed E-state index contributed by atoms with van der Waals surface area (Å²) in [6.07, 6.45) is 5.10. The van der Waals surface area contributed by atoms with Crippen molar-refractivity contribution in [3.05, 3.63) is 51.7 Å². The molecule has 0 N–H and O–H groups in total. The minimum Gasteiger partial charge on any atom is -0.368 e. The lowest BCUT2D eigenvalue weighted by Gasteiger charge is -2.36. The molecule has 7 nitrogen and oxygen atoms in total. The first-order valence-corrected chi connectivity index (χ1v) is 8.84. The number of hydrogen-bond donors (Lipinski definition) is 0. The first kappa shape index (κ1) is 16.0. The van der Waals surface area contributed by atoms with Crippen molar-refractivity contribution in [3.8, 4) is 0 Å². The first-order valence-electron chi connectivity index (χ1n) is 8.05. The monoisotopic (exact) mass is 400 g/mol. The van der Waals surface area contributed by atoms with E-state index in [0.29, 0.717) is 5.39 Å². The summed E-state index contributed by atoms with van der Waals surface area (Å²) in [5.74, 6) is 0.756. The second-order valence-electron chi connectivity index (χ2n) is 6.04. The van der Waals surface area contributed by atoms with Crippen molar-refractivity contribution in [2.75, 3.05) is 36.0 Å². The van der Waals surface area contributed by atoms with Gasteiger partial charge in [-0.05, 0) is 34.1 Å². The van der Waals surface area contributed by atoms with E-state index in [2.05, 4.69) is 40.7 Å². The molecule has 4 rings (SSSR count). The molecule has 3 aromatic rings. The van der Waals surface area contributed by atoms with Gasteiger partial charge >= 0.3 is 0 Å². The summed E-state index contributed by atoms with van der Waals surface area (Å²) in [5.41, 5.74) is 1.80. The van der Waals surface area contributed by atoms with Crippen LogP contribution in [0.5, 0.6) is 0 Å².